The van der Waals surface area contributed by atoms with Gasteiger partial charge in [-0.05, 0) is 0 Å². The minimum atomic E-state index is -0.855. The highest BCUT2D eigenvalue weighted by Gasteiger charge is 2.03. The van der Waals surface area contributed by atoms with E-state index in [-0.39, 0.29) is 18.2 Å². The summed E-state index contributed by atoms with van der Waals surface area (Å²) in [6.07, 6.45) is 0.500. The van der Waals surface area contributed by atoms with Crippen LogP contribution in [-0.4, -0.2) is 29.4 Å². The first-order valence-electron chi connectivity index (χ1n) is 4.00. The fourth-order valence-electron chi connectivity index (χ4n) is 0.844. The average molecular weight is 233 g/mol. The Labute approximate surface area is 89.6 Å². The molecule has 0 bridgehead atoms. The van der Waals surface area contributed by atoms with Gasteiger partial charge < -0.3 is 15.8 Å². The van der Waals surface area contributed by atoms with Gasteiger partial charge in [0.05, 0.1) is 11.9 Å². The number of anilines is 1. The number of hydrogen-bond acceptors (Lipinski definition) is 5. The zero-order valence-electron chi connectivity index (χ0n) is 7.62. The number of aromatic nitrogens is 2. The molecule has 1 aromatic heterocycles. The summed E-state index contributed by atoms with van der Waals surface area (Å²) >= 11 is 5.66. The van der Waals surface area contributed by atoms with Gasteiger partial charge in [-0.25, -0.2) is 9.89 Å². The van der Waals surface area contributed by atoms with Crippen LogP contribution in [0.25, 0.3) is 0 Å². The van der Waals surface area contributed by atoms with Crippen LogP contribution in [0.3, 0.4) is 0 Å². The summed E-state index contributed by atoms with van der Waals surface area (Å²) in [6, 6.07) is 0. The number of primary amides is 1. The summed E-state index contributed by atoms with van der Waals surface area (Å²) in [7, 11) is 0. The third kappa shape index (κ3) is 3.47. The zero-order valence-corrected chi connectivity index (χ0v) is 8.37. The molecule has 1 rings (SSSR count). The molecule has 0 unspecified atom stereocenters. The summed E-state index contributed by atoms with van der Waals surface area (Å²) in [4.78, 5) is 21.2. The van der Waals surface area contributed by atoms with Crippen molar-refractivity contribution in [1.82, 2.24) is 10.2 Å². The highest BCUT2D eigenvalue weighted by atomic mass is 35.5. The molecule has 1 heterocycles. The first kappa shape index (κ1) is 11.3. The summed E-state index contributed by atoms with van der Waals surface area (Å²) in [6.45, 7) is 0.367. The zero-order chi connectivity index (χ0) is 11.3. The molecule has 15 heavy (non-hydrogen) atoms. The van der Waals surface area contributed by atoms with Crippen molar-refractivity contribution in [2.45, 2.75) is 0 Å². The number of halogens is 1. The maximum Gasteiger partial charge on any atom is 0.404 e. The second-order valence-electron chi connectivity index (χ2n) is 2.52. The van der Waals surface area contributed by atoms with Crippen molar-refractivity contribution in [1.29, 1.82) is 0 Å². The summed E-state index contributed by atoms with van der Waals surface area (Å²) in [5.74, 6) is 0. The van der Waals surface area contributed by atoms with Crippen molar-refractivity contribution in [2.75, 3.05) is 18.5 Å². The predicted octanol–water partition coefficient (Wildman–Crippen LogP) is -0.0695. The van der Waals surface area contributed by atoms with Gasteiger partial charge >= 0.3 is 6.09 Å². The van der Waals surface area contributed by atoms with Crippen molar-refractivity contribution in [3.8, 4) is 0 Å². The van der Waals surface area contributed by atoms with Crippen molar-refractivity contribution < 1.29 is 9.53 Å². The molecule has 7 nitrogen and oxygen atoms in total. The number of nitrogens with two attached hydrogens (primary N) is 1. The fourth-order valence-corrected chi connectivity index (χ4v) is 1.00. The number of carbonyl (C=O) groups is 1. The quantitative estimate of drug-likeness (QED) is 0.630. The minimum absolute atomic E-state index is 0.00377. The van der Waals surface area contributed by atoms with Gasteiger partial charge in [-0.15, -0.1) is 0 Å². The SMILES string of the molecule is NC(=O)OCCNc1cn[nH]c(=O)c1Cl. The van der Waals surface area contributed by atoms with E-state index in [0.717, 1.165) is 0 Å². The van der Waals surface area contributed by atoms with E-state index >= 15 is 0 Å². The molecule has 8 heteroatoms. The molecular weight excluding hydrogens is 224 g/mol. The molecule has 1 aromatic rings. The lowest BCUT2D eigenvalue weighted by Crippen LogP contribution is -2.19. The maximum atomic E-state index is 11.0. The Morgan fingerprint density at radius 1 is 1.73 bits per heavy atom. The van der Waals surface area contributed by atoms with Crippen LogP contribution in [0.4, 0.5) is 10.5 Å². The minimum Gasteiger partial charge on any atom is -0.448 e. The molecule has 0 aliphatic carbocycles. The van der Waals surface area contributed by atoms with Crippen molar-refractivity contribution in [2.24, 2.45) is 5.73 Å². The molecule has 0 aromatic carbocycles. The third-order valence-electron chi connectivity index (χ3n) is 1.46. The Kier molecular flexibility index (Phi) is 3.92. The summed E-state index contributed by atoms with van der Waals surface area (Å²) < 4.78 is 4.46. The maximum absolute atomic E-state index is 11.0. The number of ether oxygens (including phenoxy) is 1. The van der Waals surface area contributed by atoms with E-state index < -0.39 is 11.7 Å². The van der Waals surface area contributed by atoms with E-state index in [1.165, 1.54) is 6.20 Å². The van der Waals surface area contributed by atoms with E-state index in [9.17, 15) is 9.59 Å². The predicted molar refractivity (Wildman–Crippen MR) is 53.9 cm³/mol. The van der Waals surface area contributed by atoms with E-state index in [1.54, 1.807) is 0 Å². The van der Waals surface area contributed by atoms with Gasteiger partial charge in [0.1, 0.15) is 11.6 Å². The summed E-state index contributed by atoms with van der Waals surface area (Å²) in [5, 5.41) is 8.47. The Balaban J connectivity index is 2.48. The molecule has 1 amide bonds. The number of rotatable bonds is 4. The number of H-pyrrole nitrogens is 1. The van der Waals surface area contributed by atoms with Gasteiger partial charge in [0.2, 0.25) is 0 Å². The smallest absolute Gasteiger partial charge is 0.404 e. The molecule has 0 spiro atoms. The van der Waals surface area contributed by atoms with E-state index in [4.69, 9.17) is 17.3 Å². The van der Waals surface area contributed by atoms with Crippen LogP contribution in [0, 0.1) is 0 Å². The first-order chi connectivity index (χ1) is 7.11. The summed E-state index contributed by atoms with van der Waals surface area (Å²) in [5.41, 5.74) is 4.62. The van der Waals surface area contributed by atoms with Gasteiger partial charge in [0.15, 0.2) is 0 Å². The Bertz CT molecular complexity index is 405. The molecule has 0 atom stereocenters. The Morgan fingerprint density at radius 3 is 3.13 bits per heavy atom. The number of aromatic amines is 1. The first-order valence-corrected chi connectivity index (χ1v) is 4.38. The lowest BCUT2D eigenvalue weighted by molar-refractivity contribution is 0.161. The van der Waals surface area contributed by atoms with E-state index in [0.29, 0.717) is 5.69 Å². The van der Waals surface area contributed by atoms with Crippen molar-refractivity contribution in [3.05, 3.63) is 21.6 Å². The van der Waals surface area contributed by atoms with Gasteiger partial charge in [-0.1, -0.05) is 11.6 Å². The van der Waals surface area contributed by atoms with Crippen LogP contribution in [0.5, 0.6) is 0 Å². The normalized spacial score (nSPS) is 9.67. The number of nitrogens with one attached hydrogen (secondary N) is 2. The molecule has 4 N–H and O–H groups in total. The van der Waals surface area contributed by atoms with Gasteiger partial charge in [-0.2, -0.15) is 5.10 Å². The molecule has 0 aliphatic rings. The lowest BCUT2D eigenvalue weighted by atomic mass is 10.4. The van der Waals surface area contributed by atoms with Crippen LogP contribution in [0.15, 0.2) is 11.0 Å². The molecule has 0 radical (unpaired) electrons. The largest absolute Gasteiger partial charge is 0.448 e. The van der Waals surface area contributed by atoms with Gasteiger partial charge in [0.25, 0.3) is 5.56 Å². The van der Waals surface area contributed by atoms with Crippen LogP contribution < -0.4 is 16.6 Å². The molecule has 0 fully saturated rings. The molecule has 0 saturated carbocycles. The standard InChI is InChI=1S/C7H9ClN4O3/c8-5-4(3-11-12-6(5)13)10-1-2-15-7(9)14/h3H,1-2H2,(H2,9,14)(H2,10,12,13). The van der Waals surface area contributed by atoms with Gasteiger partial charge in [0, 0.05) is 6.54 Å². The number of nitrogens with zero attached hydrogens (tertiary/aromatic N) is 1. The molecule has 0 saturated heterocycles. The Morgan fingerprint density at radius 2 is 2.47 bits per heavy atom. The number of amides is 1. The van der Waals surface area contributed by atoms with Crippen LogP contribution in [-0.2, 0) is 4.74 Å². The number of hydrogen-bond donors (Lipinski definition) is 3. The van der Waals surface area contributed by atoms with Gasteiger partial charge in [-0.3, -0.25) is 4.79 Å². The monoisotopic (exact) mass is 232 g/mol. The molecular formula is C7H9ClN4O3. The average Bonchev–Trinajstić information content (AvgIpc) is 2.18. The third-order valence-corrected chi connectivity index (χ3v) is 1.83. The number of carbonyl (C=O) groups excluding carboxylic acids is 1. The van der Waals surface area contributed by atoms with Crippen LogP contribution in [0.2, 0.25) is 5.02 Å². The lowest BCUT2D eigenvalue weighted by Gasteiger charge is -2.06. The Hall–Kier alpha value is -1.76. The fraction of sp³-hybridized carbons (Fsp3) is 0.286. The highest BCUT2D eigenvalue weighted by Crippen LogP contribution is 2.13. The van der Waals surface area contributed by atoms with E-state index in [2.05, 4.69) is 20.3 Å². The van der Waals surface area contributed by atoms with E-state index in [1.807, 2.05) is 0 Å². The van der Waals surface area contributed by atoms with Crippen molar-refractivity contribution in [3.63, 3.8) is 0 Å². The second-order valence-corrected chi connectivity index (χ2v) is 2.90. The van der Waals surface area contributed by atoms with Crippen molar-refractivity contribution >= 4 is 23.4 Å². The molecule has 82 valence electrons. The van der Waals surface area contributed by atoms with Crippen LogP contribution in [0.1, 0.15) is 0 Å². The molecule has 0 aliphatic heterocycles. The topological polar surface area (TPSA) is 110 Å². The second kappa shape index (κ2) is 5.20. The highest BCUT2D eigenvalue weighted by molar-refractivity contribution is 6.32. The van der Waals surface area contributed by atoms with Crippen LogP contribution >= 0.6 is 11.6 Å².